The van der Waals surface area contributed by atoms with Crippen molar-refractivity contribution in [1.29, 1.82) is 0 Å². The van der Waals surface area contributed by atoms with E-state index in [2.05, 4.69) is 129 Å². The van der Waals surface area contributed by atoms with Crippen LogP contribution in [0.2, 0.25) is 0 Å². The molecule has 3 aromatic rings. The molecule has 0 radical (unpaired) electrons. The maximum Gasteiger partial charge on any atom is 0.198 e. The van der Waals surface area contributed by atoms with Crippen molar-refractivity contribution in [1.82, 2.24) is 4.68 Å². The molecule has 2 aromatic carbocycles. The number of para-hydroxylation sites is 2. The molecule has 1 aliphatic heterocycles. The third-order valence-electron chi connectivity index (χ3n) is 6.38. The van der Waals surface area contributed by atoms with Crippen LogP contribution >= 0.6 is 0 Å². The number of aryl methyl sites for hydroxylation is 1. The lowest BCUT2D eigenvalue weighted by atomic mass is 9.88. The summed E-state index contributed by atoms with van der Waals surface area (Å²) in [4.78, 5) is 5.03. The summed E-state index contributed by atoms with van der Waals surface area (Å²) >= 11 is 0. The Labute approximate surface area is 175 Å². The third-order valence-corrected chi connectivity index (χ3v) is 6.38. The first-order valence-corrected chi connectivity index (χ1v) is 10.6. The third kappa shape index (κ3) is 2.93. The summed E-state index contributed by atoms with van der Waals surface area (Å²) in [5, 5.41) is 0. The number of benzene rings is 2. The minimum atomic E-state index is -0.144. The van der Waals surface area contributed by atoms with Gasteiger partial charge in [0, 0.05) is 0 Å². The predicted octanol–water partition coefficient (Wildman–Crippen LogP) is 5.44. The Hall–Kier alpha value is -2.75. The molecule has 0 spiro atoms. The van der Waals surface area contributed by atoms with Crippen LogP contribution in [0.5, 0.6) is 0 Å². The van der Waals surface area contributed by atoms with Crippen molar-refractivity contribution in [3.8, 4) is 0 Å². The van der Waals surface area contributed by atoms with Crippen LogP contribution in [0.1, 0.15) is 51.8 Å². The molecule has 0 saturated heterocycles. The normalized spacial score (nSPS) is 16.6. The summed E-state index contributed by atoms with van der Waals surface area (Å²) in [6.07, 6.45) is 2.38. The van der Waals surface area contributed by atoms with E-state index in [-0.39, 0.29) is 11.7 Å². The van der Waals surface area contributed by atoms with Gasteiger partial charge in [0.15, 0.2) is 18.1 Å². The highest BCUT2D eigenvalue weighted by Crippen LogP contribution is 2.49. The summed E-state index contributed by atoms with van der Waals surface area (Å²) in [6.45, 7) is 13.6. The lowest BCUT2D eigenvalue weighted by Gasteiger charge is -2.43. The van der Waals surface area contributed by atoms with Crippen LogP contribution in [0.25, 0.3) is 0 Å². The number of rotatable bonds is 4. The molecule has 0 saturated carbocycles. The zero-order valence-corrected chi connectivity index (χ0v) is 18.7. The van der Waals surface area contributed by atoms with Crippen LogP contribution in [0.15, 0.2) is 60.8 Å². The molecule has 0 N–H and O–H groups in total. The number of fused-ring (bicyclic) bond motifs is 1. The second kappa shape index (κ2) is 6.94. The van der Waals surface area contributed by atoms with Gasteiger partial charge >= 0.3 is 0 Å². The first kappa shape index (κ1) is 19.6. The van der Waals surface area contributed by atoms with Gasteiger partial charge in [0.05, 0.1) is 30.0 Å². The van der Waals surface area contributed by atoms with E-state index >= 15 is 0 Å². The summed E-state index contributed by atoms with van der Waals surface area (Å²) < 4.78 is 4.54. The summed E-state index contributed by atoms with van der Waals surface area (Å²) in [5.41, 5.74) is 5.10. The Morgan fingerprint density at radius 2 is 1.55 bits per heavy atom. The molecule has 4 rings (SSSR count). The Morgan fingerprint density at radius 3 is 2.17 bits per heavy atom. The van der Waals surface area contributed by atoms with Crippen molar-refractivity contribution in [2.45, 2.75) is 59.3 Å². The van der Waals surface area contributed by atoms with Crippen LogP contribution in [0.3, 0.4) is 0 Å². The van der Waals surface area contributed by atoms with Crippen molar-refractivity contribution in [2.24, 2.45) is 7.05 Å². The number of anilines is 3. The maximum absolute atomic E-state index is 2.57. The second-order valence-electron chi connectivity index (χ2n) is 8.91. The van der Waals surface area contributed by atoms with Crippen LogP contribution in [0.4, 0.5) is 17.2 Å². The number of nitrogens with zero attached hydrogens (tertiary/aromatic N) is 4. The van der Waals surface area contributed by atoms with Crippen molar-refractivity contribution in [3.05, 3.63) is 71.9 Å². The Morgan fingerprint density at radius 1 is 0.931 bits per heavy atom. The first-order valence-electron chi connectivity index (χ1n) is 10.6. The predicted molar refractivity (Wildman–Crippen MR) is 121 cm³/mol. The molecular weight excluding hydrogens is 356 g/mol. The van der Waals surface area contributed by atoms with E-state index in [1.165, 1.54) is 28.3 Å². The zero-order chi connectivity index (χ0) is 20.9. The van der Waals surface area contributed by atoms with E-state index in [1.807, 2.05) is 0 Å². The molecule has 0 bridgehead atoms. The van der Waals surface area contributed by atoms with Gasteiger partial charge in [0.2, 0.25) is 0 Å². The molecular formula is C25H33N4+. The molecule has 1 aromatic heterocycles. The number of hydrogen-bond acceptors (Lipinski definition) is 2. The average molecular weight is 390 g/mol. The van der Waals surface area contributed by atoms with Crippen LogP contribution in [-0.4, -0.2) is 10.8 Å². The molecule has 0 fully saturated rings. The van der Waals surface area contributed by atoms with Gasteiger partial charge in [-0.1, -0.05) is 36.4 Å². The molecule has 152 valence electrons. The largest absolute Gasteiger partial charge is 0.340 e. The minimum absolute atomic E-state index is 0.144. The molecule has 0 aliphatic carbocycles. The standard InChI is InChI=1S/C25H33N4/c1-18(2)27-17-16-24(26(27)7)28-20(4)29(23-15-11-10-14-22(23)28)25(5,6)21-13-9-8-12-19(21)3/h8-18,20H,1-7H3/q+1/t20-/m1/s1. The van der Waals surface area contributed by atoms with E-state index in [1.54, 1.807) is 0 Å². The second-order valence-corrected chi connectivity index (χ2v) is 8.91. The average Bonchev–Trinajstić information content (AvgIpc) is 3.18. The Bertz CT molecular complexity index is 1030. The molecule has 2 heterocycles. The smallest absolute Gasteiger partial charge is 0.198 e. The molecule has 4 heteroatoms. The highest BCUT2D eigenvalue weighted by atomic mass is 15.5. The molecule has 0 unspecified atom stereocenters. The molecule has 1 atom stereocenters. The highest BCUT2D eigenvalue weighted by Gasteiger charge is 2.44. The number of aromatic nitrogens is 2. The van der Waals surface area contributed by atoms with Crippen molar-refractivity contribution < 1.29 is 4.68 Å². The minimum Gasteiger partial charge on any atom is -0.340 e. The van der Waals surface area contributed by atoms with Gasteiger partial charge in [0.1, 0.15) is 6.17 Å². The summed E-state index contributed by atoms with van der Waals surface area (Å²) in [6, 6.07) is 20.2. The van der Waals surface area contributed by atoms with E-state index in [4.69, 9.17) is 0 Å². The SMILES string of the molecule is Cc1ccccc1C(C)(C)N1c2ccccc2N(c2cc[n+](C(C)C)n2C)[C@H]1C. The van der Waals surface area contributed by atoms with Gasteiger partial charge < -0.3 is 9.80 Å². The van der Waals surface area contributed by atoms with Crippen LogP contribution in [-0.2, 0) is 12.6 Å². The fourth-order valence-corrected chi connectivity index (χ4v) is 5.09. The van der Waals surface area contributed by atoms with Crippen molar-refractivity contribution in [2.75, 3.05) is 9.80 Å². The zero-order valence-electron chi connectivity index (χ0n) is 18.7. The lowest BCUT2D eigenvalue weighted by molar-refractivity contribution is -0.789. The van der Waals surface area contributed by atoms with E-state index in [0.717, 1.165) is 0 Å². The van der Waals surface area contributed by atoms with Gasteiger partial charge in [-0.2, -0.15) is 0 Å². The molecule has 29 heavy (non-hydrogen) atoms. The topological polar surface area (TPSA) is 15.3 Å². The van der Waals surface area contributed by atoms with E-state index in [0.29, 0.717) is 6.04 Å². The van der Waals surface area contributed by atoms with Crippen LogP contribution < -0.4 is 14.5 Å². The van der Waals surface area contributed by atoms with Gasteiger partial charge in [-0.15, -0.1) is 9.36 Å². The fourth-order valence-electron chi connectivity index (χ4n) is 5.09. The van der Waals surface area contributed by atoms with E-state index < -0.39 is 0 Å². The summed E-state index contributed by atoms with van der Waals surface area (Å²) in [5.74, 6) is 1.21. The van der Waals surface area contributed by atoms with Gasteiger partial charge in [0.25, 0.3) is 0 Å². The van der Waals surface area contributed by atoms with Crippen molar-refractivity contribution >= 4 is 17.2 Å². The van der Waals surface area contributed by atoms with Gasteiger partial charge in [-0.3, -0.25) is 0 Å². The molecule has 0 amide bonds. The van der Waals surface area contributed by atoms with Gasteiger partial charge in [-0.05, 0) is 64.8 Å². The highest BCUT2D eigenvalue weighted by molar-refractivity contribution is 5.83. The lowest BCUT2D eigenvalue weighted by Crippen LogP contribution is -2.50. The maximum atomic E-state index is 2.57. The van der Waals surface area contributed by atoms with Crippen molar-refractivity contribution in [3.63, 3.8) is 0 Å². The molecule has 1 aliphatic rings. The monoisotopic (exact) mass is 389 g/mol. The quantitative estimate of drug-likeness (QED) is 0.552. The fraction of sp³-hybridized carbons (Fsp3) is 0.400. The Balaban J connectivity index is 1.86. The first-order chi connectivity index (χ1) is 13.7. The summed E-state index contributed by atoms with van der Waals surface area (Å²) in [7, 11) is 2.15. The molecule has 4 nitrogen and oxygen atoms in total. The Kier molecular flexibility index (Phi) is 4.68. The van der Waals surface area contributed by atoms with E-state index in [9.17, 15) is 0 Å². The van der Waals surface area contributed by atoms with Gasteiger partial charge in [-0.25, -0.2) is 0 Å². The number of hydrogen-bond donors (Lipinski definition) is 0. The van der Waals surface area contributed by atoms with Crippen LogP contribution in [0, 0.1) is 6.92 Å².